The molecule has 0 aliphatic carbocycles. The summed E-state index contributed by atoms with van der Waals surface area (Å²) in [6, 6.07) is 13.0. The van der Waals surface area contributed by atoms with Crippen molar-refractivity contribution in [3.63, 3.8) is 0 Å². The number of anilines is 2. The molecule has 2 aromatic rings. The van der Waals surface area contributed by atoms with Crippen LogP contribution in [0.25, 0.3) is 0 Å². The van der Waals surface area contributed by atoms with E-state index in [-0.39, 0.29) is 15.6 Å². The van der Waals surface area contributed by atoms with E-state index in [2.05, 4.69) is 61.9 Å². The molecule has 31 heavy (non-hydrogen) atoms. The molecule has 0 saturated carbocycles. The van der Waals surface area contributed by atoms with E-state index < -0.39 is 8.32 Å². The van der Waals surface area contributed by atoms with Gasteiger partial charge in [0.25, 0.3) is 5.69 Å². The van der Waals surface area contributed by atoms with Crippen LogP contribution < -0.4 is 9.80 Å². The molecule has 1 fully saturated rings. The van der Waals surface area contributed by atoms with E-state index in [0.29, 0.717) is 6.61 Å². The Kier molecular flexibility index (Phi) is 7.01. The zero-order valence-electron chi connectivity index (χ0n) is 19.3. The molecule has 0 amide bonds. The number of piperazine rings is 1. The van der Waals surface area contributed by atoms with Crippen molar-refractivity contribution < 1.29 is 9.35 Å². The van der Waals surface area contributed by atoms with Crippen molar-refractivity contribution in [3.8, 4) is 0 Å². The number of nitro benzene ring substituents is 1. The quantitative estimate of drug-likeness (QED) is 0.346. The second kappa shape index (κ2) is 9.36. The zero-order chi connectivity index (χ0) is 22.6. The maximum atomic E-state index is 10.8. The fraction of sp³-hybridized carbons (Fsp3) is 0.522. The van der Waals surface area contributed by atoms with Crippen molar-refractivity contribution >= 4 is 25.5 Å². The molecule has 0 spiro atoms. The summed E-state index contributed by atoms with van der Waals surface area (Å²) in [5.74, 6) is 1.01. The summed E-state index contributed by atoms with van der Waals surface area (Å²) in [6.07, 6.45) is 0.823. The highest BCUT2D eigenvalue weighted by Crippen LogP contribution is 2.36. The van der Waals surface area contributed by atoms with Crippen molar-refractivity contribution in [2.24, 2.45) is 0 Å². The first-order valence-corrected chi connectivity index (χ1v) is 13.8. The van der Waals surface area contributed by atoms with Crippen molar-refractivity contribution in [2.75, 3.05) is 42.6 Å². The average molecular weight is 443 g/mol. The predicted molar refractivity (Wildman–Crippen MR) is 129 cm³/mol. The Morgan fingerprint density at radius 1 is 1.03 bits per heavy atom. The van der Waals surface area contributed by atoms with Gasteiger partial charge >= 0.3 is 0 Å². The van der Waals surface area contributed by atoms with Gasteiger partial charge in [-0.2, -0.15) is 0 Å². The van der Waals surface area contributed by atoms with Gasteiger partial charge < -0.3 is 14.2 Å². The van der Waals surface area contributed by atoms with Crippen LogP contribution in [0.3, 0.4) is 0 Å². The van der Waals surface area contributed by atoms with E-state index >= 15 is 0 Å². The minimum absolute atomic E-state index is 0.126. The standard InChI is InChI=1S/C23H34N4O3Si/c1-23(2,3)31(4,5)30-18-13-19-7-6-8-22(24-19)26-16-14-25(15-17-26)20-9-11-21(12-10-20)27(28)29/h6-12H,13-18H2,1-5H3. The monoisotopic (exact) mass is 442 g/mol. The number of hydrogen-bond donors (Lipinski definition) is 0. The minimum Gasteiger partial charge on any atom is -0.416 e. The van der Waals surface area contributed by atoms with Crippen LogP contribution in [-0.4, -0.2) is 51.0 Å². The van der Waals surface area contributed by atoms with Crippen LogP contribution in [0.15, 0.2) is 42.5 Å². The molecule has 0 N–H and O–H groups in total. The van der Waals surface area contributed by atoms with Crippen LogP contribution >= 0.6 is 0 Å². The van der Waals surface area contributed by atoms with Crippen LogP contribution in [0.2, 0.25) is 18.1 Å². The number of rotatable bonds is 7. The third kappa shape index (κ3) is 5.83. The van der Waals surface area contributed by atoms with E-state index in [0.717, 1.165) is 49.8 Å². The van der Waals surface area contributed by atoms with Gasteiger partial charge in [-0.15, -0.1) is 0 Å². The Hall–Kier alpha value is -2.45. The summed E-state index contributed by atoms with van der Waals surface area (Å²) in [4.78, 5) is 19.9. The van der Waals surface area contributed by atoms with Crippen LogP contribution in [-0.2, 0) is 10.8 Å². The lowest BCUT2D eigenvalue weighted by molar-refractivity contribution is -0.384. The molecule has 1 aromatic heterocycles. The average Bonchev–Trinajstić information content (AvgIpc) is 2.73. The van der Waals surface area contributed by atoms with Gasteiger partial charge in [0.05, 0.1) is 4.92 Å². The first-order valence-electron chi connectivity index (χ1n) is 10.9. The normalized spacial score (nSPS) is 15.3. The third-order valence-electron chi connectivity index (χ3n) is 6.45. The molecule has 0 unspecified atom stereocenters. The Labute approximate surface area is 186 Å². The predicted octanol–water partition coefficient (Wildman–Crippen LogP) is 4.88. The van der Waals surface area contributed by atoms with E-state index in [4.69, 9.17) is 9.41 Å². The molecule has 0 radical (unpaired) electrons. The molecule has 8 heteroatoms. The molecule has 1 aliphatic rings. The zero-order valence-corrected chi connectivity index (χ0v) is 20.3. The molecule has 1 saturated heterocycles. The van der Waals surface area contributed by atoms with E-state index in [1.54, 1.807) is 12.1 Å². The highest BCUT2D eigenvalue weighted by Gasteiger charge is 2.36. The molecule has 0 atom stereocenters. The summed E-state index contributed by atoms with van der Waals surface area (Å²) in [6.45, 7) is 15.5. The SMILES string of the molecule is CC(C)(C)[Si](C)(C)OCCc1cccc(N2CCN(c3ccc([N+](=O)[O-])cc3)CC2)n1. The number of pyridine rings is 1. The van der Waals surface area contributed by atoms with Gasteiger partial charge in [0.1, 0.15) is 5.82 Å². The first-order chi connectivity index (χ1) is 14.6. The molecule has 2 heterocycles. The molecule has 3 rings (SSSR count). The summed E-state index contributed by atoms with van der Waals surface area (Å²) in [5, 5.41) is 11.1. The number of non-ortho nitro benzene ring substituents is 1. The molecule has 168 valence electrons. The molecular formula is C23H34N4O3Si. The highest BCUT2D eigenvalue weighted by atomic mass is 28.4. The third-order valence-corrected chi connectivity index (χ3v) is 11.0. The Balaban J connectivity index is 1.54. The van der Waals surface area contributed by atoms with Gasteiger partial charge in [0, 0.05) is 62.7 Å². The number of aromatic nitrogens is 1. The summed E-state index contributed by atoms with van der Waals surface area (Å²) >= 11 is 0. The summed E-state index contributed by atoms with van der Waals surface area (Å²) in [7, 11) is -1.74. The fourth-order valence-electron chi connectivity index (χ4n) is 3.39. The molecule has 7 nitrogen and oxygen atoms in total. The smallest absolute Gasteiger partial charge is 0.269 e. The fourth-order valence-corrected chi connectivity index (χ4v) is 4.43. The van der Waals surface area contributed by atoms with Gasteiger partial charge in [-0.05, 0) is 42.4 Å². The van der Waals surface area contributed by atoms with E-state index in [9.17, 15) is 10.1 Å². The van der Waals surface area contributed by atoms with Crippen LogP contribution in [0.4, 0.5) is 17.2 Å². The number of hydrogen-bond acceptors (Lipinski definition) is 6. The molecule has 0 bridgehead atoms. The Morgan fingerprint density at radius 3 is 2.23 bits per heavy atom. The van der Waals surface area contributed by atoms with Gasteiger partial charge in [0.2, 0.25) is 0 Å². The number of nitrogens with zero attached hydrogens (tertiary/aromatic N) is 4. The number of benzene rings is 1. The van der Waals surface area contributed by atoms with Crippen LogP contribution in [0.1, 0.15) is 26.5 Å². The van der Waals surface area contributed by atoms with Crippen molar-refractivity contribution in [2.45, 2.75) is 45.3 Å². The van der Waals surface area contributed by atoms with Crippen LogP contribution in [0.5, 0.6) is 0 Å². The van der Waals surface area contributed by atoms with Crippen LogP contribution in [0, 0.1) is 10.1 Å². The van der Waals surface area contributed by atoms with Gasteiger partial charge in [-0.1, -0.05) is 26.8 Å². The van der Waals surface area contributed by atoms with Gasteiger partial charge in [-0.3, -0.25) is 10.1 Å². The topological polar surface area (TPSA) is 71.7 Å². The lowest BCUT2D eigenvalue weighted by atomic mass is 10.2. The summed E-state index contributed by atoms with van der Waals surface area (Å²) < 4.78 is 6.31. The lowest BCUT2D eigenvalue weighted by Crippen LogP contribution is -2.46. The van der Waals surface area contributed by atoms with Crippen molar-refractivity contribution in [1.29, 1.82) is 0 Å². The molecule has 1 aliphatic heterocycles. The summed E-state index contributed by atoms with van der Waals surface area (Å²) in [5.41, 5.74) is 2.21. The van der Waals surface area contributed by atoms with Gasteiger partial charge in [-0.25, -0.2) is 4.98 Å². The van der Waals surface area contributed by atoms with Gasteiger partial charge in [0.15, 0.2) is 8.32 Å². The molecule has 1 aromatic carbocycles. The minimum atomic E-state index is -1.74. The first kappa shape index (κ1) is 23.2. The van der Waals surface area contributed by atoms with E-state index in [1.807, 2.05) is 12.1 Å². The largest absolute Gasteiger partial charge is 0.416 e. The van der Waals surface area contributed by atoms with Crippen molar-refractivity contribution in [1.82, 2.24) is 4.98 Å². The maximum Gasteiger partial charge on any atom is 0.269 e. The maximum absolute atomic E-state index is 10.8. The Bertz CT molecular complexity index is 888. The van der Waals surface area contributed by atoms with E-state index in [1.165, 1.54) is 0 Å². The molecular weight excluding hydrogens is 408 g/mol. The van der Waals surface area contributed by atoms with Crippen molar-refractivity contribution in [3.05, 3.63) is 58.3 Å². The Morgan fingerprint density at radius 2 is 1.65 bits per heavy atom. The second-order valence-electron chi connectivity index (χ2n) is 9.59. The lowest BCUT2D eigenvalue weighted by Gasteiger charge is -2.37. The highest BCUT2D eigenvalue weighted by molar-refractivity contribution is 6.74. The second-order valence-corrected chi connectivity index (χ2v) is 14.4. The number of nitro groups is 1.